The van der Waals surface area contributed by atoms with E-state index >= 15 is 0 Å². The van der Waals surface area contributed by atoms with Gasteiger partial charge in [0, 0.05) is 23.9 Å². The van der Waals surface area contributed by atoms with E-state index in [1.54, 1.807) is 7.11 Å². The number of aliphatic hydroxyl groups is 1. The number of Topliss-reactive ketones (excluding diaryl/α,β-unsaturated/α-hetero) is 1. The van der Waals surface area contributed by atoms with Gasteiger partial charge in [0.2, 0.25) is 0 Å². The van der Waals surface area contributed by atoms with Crippen molar-refractivity contribution >= 4 is 5.78 Å². The molecule has 2 unspecified atom stereocenters. The monoisotopic (exact) mass is 322 g/mol. The van der Waals surface area contributed by atoms with Gasteiger partial charge in [0.25, 0.3) is 0 Å². The lowest BCUT2D eigenvalue weighted by molar-refractivity contribution is -0.190. The highest BCUT2D eigenvalue weighted by Crippen LogP contribution is 2.68. The van der Waals surface area contributed by atoms with Gasteiger partial charge in [-0.2, -0.15) is 0 Å². The van der Waals surface area contributed by atoms with Gasteiger partial charge in [-0.15, -0.1) is 0 Å². The Bertz CT molecular complexity index is 499. The van der Waals surface area contributed by atoms with Gasteiger partial charge in [-0.3, -0.25) is 4.79 Å². The molecule has 3 aliphatic rings. The van der Waals surface area contributed by atoms with Crippen LogP contribution in [0.25, 0.3) is 0 Å². The summed E-state index contributed by atoms with van der Waals surface area (Å²) in [7, 11) is 1.80. The number of hydrogen-bond acceptors (Lipinski definition) is 3. The number of carbonyl (C=O) groups is 1. The van der Waals surface area contributed by atoms with Crippen molar-refractivity contribution < 1.29 is 14.6 Å². The van der Waals surface area contributed by atoms with Gasteiger partial charge in [-0.05, 0) is 49.4 Å². The molecule has 1 N–H and O–H groups in total. The van der Waals surface area contributed by atoms with Crippen LogP contribution in [-0.4, -0.2) is 30.2 Å². The first-order chi connectivity index (χ1) is 10.6. The highest BCUT2D eigenvalue weighted by Gasteiger charge is 2.67. The summed E-state index contributed by atoms with van der Waals surface area (Å²) in [6.07, 6.45) is 4.60. The molecule has 0 radical (unpaired) electrons. The number of hydrogen-bond donors (Lipinski definition) is 1. The molecule has 0 aromatic heterocycles. The molecule has 3 fully saturated rings. The third-order valence-electron chi connectivity index (χ3n) is 8.31. The predicted octanol–water partition coefficient (Wildman–Crippen LogP) is 3.83. The molecule has 0 amide bonds. The van der Waals surface area contributed by atoms with E-state index in [2.05, 4.69) is 20.8 Å². The molecule has 0 aromatic rings. The first kappa shape index (κ1) is 17.4. The normalized spacial score (nSPS) is 52.7. The van der Waals surface area contributed by atoms with Gasteiger partial charge in [0.05, 0.1) is 12.2 Å². The number of carbonyl (C=O) groups excluding carboxylic acids is 1. The van der Waals surface area contributed by atoms with Gasteiger partial charge in [0.15, 0.2) is 0 Å². The molecule has 3 nitrogen and oxygen atoms in total. The van der Waals surface area contributed by atoms with E-state index in [9.17, 15) is 9.90 Å². The first-order valence-corrected chi connectivity index (χ1v) is 9.36. The molecular weight excluding hydrogens is 288 g/mol. The molecule has 23 heavy (non-hydrogen) atoms. The Morgan fingerprint density at radius 1 is 1.13 bits per heavy atom. The summed E-state index contributed by atoms with van der Waals surface area (Å²) in [5.74, 6) is 1.15. The Morgan fingerprint density at radius 2 is 1.74 bits per heavy atom. The van der Waals surface area contributed by atoms with Gasteiger partial charge >= 0.3 is 0 Å². The van der Waals surface area contributed by atoms with Crippen LogP contribution >= 0.6 is 0 Å². The average Bonchev–Trinajstić information content (AvgIpc) is 2.89. The van der Waals surface area contributed by atoms with Crippen LogP contribution in [0, 0.1) is 34.0 Å². The minimum atomic E-state index is -0.444. The third-order valence-corrected chi connectivity index (χ3v) is 8.31. The number of ketones is 1. The largest absolute Gasteiger partial charge is 0.393 e. The van der Waals surface area contributed by atoms with Crippen molar-refractivity contribution in [2.75, 3.05) is 7.11 Å². The van der Waals surface area contributed by atoms with Crippen molar-refractivity contribution in [1.29, 1.82) is 0 Å². The fraction of sp³-hybridized carbons (Fsp3) is 0.950. The molecule has 3 rings (SSSR count). The quantitative estimate of drug-likeness (QED) is 0.798. The van der Waals surface area contributed by atoms with Crippen LogP contribution in [-0.2, 0) is 9.53 Å². The lowest BCUT2D eigenvalue weighted by Crippen LogP contribution is -2.62. The van der Waals surface area contributed by atoms with E-state index in [4.69, 9.17) is 4.74 Å². The zero-order valence-electron chi connectivity index (χ0n) is 15.7. The summed E-state index contributed by atoms with van der Waals surface area (Å²) in [5, 5.41) is 11.2. The maximum atomic E-state index is 13.2. The average molecular weight is 322 g/mol. The maximum Gasteiger partial charge on any atom is 0.141 e. The summed E-state index contributed by atoms with van der Waals surface area (Å²) in [4.78, 5) is 13.2. The van der Waals surface area contributed by atoms with Crippen LogP contribution in [0.15, 0.2) is 0 Å². The smallest absolute Gasteiger partial charge is 0.141 e. The van der Waals surface area contributed by atoms with Crippen molar-refractivity contribution in [1.82, 2.24) is 0 Å². The van der Waals surface area contributed by atoms with Crippen LogP contribution in [0.4, 0.5) is 0 Å². The number of methoxy groups -OCH3 is 1. The maximum absolute atomic E-state index is 13.2. The Balaban J connectivity index is 2.19. The van der Waals surface area contributed by atoms with Crippen molar-refractivity contribution in [3.63, 3.8) is 0 Å². The molecule has 3 saturated carbocycles. The SMILES string of the molecule is CO[C@@H]1CCC23CC[C@@H](C)[C@](C)(C12)[C@H](O)CC(C)(C)C(=O)[C@@H]3C. The highest BCUT2D eigenvalue weighted by molar-refractivity contribution is 5.87. The third kappa shape index (κ3) is 2.12. The van der Waals surface area contributed by atoms with E-state index in [-0.39, 0.29) is 28.8 Å². The van der Waals surface area contributed by atoms with Crippen LogP contribution in [0.5, 0.6) is 0 Å². The molecule has 0 aromatic carbocycles. The lowest BCUT2D eigenvalue weighted by Gasteiger charge is -2.61. The second kappa shape index (κ2) is 5.29. The molecule has 0 aliphatic heterocycles. The van der Waals surface area contributed by atoms with Crippen LogP contribution in [0.1, 0.15) is 66.7 Å². The number of rotatable bonds is 1. The van der Waals surface area contributed by atoms with E-state index in [0.717, 1.165) is 25.7 Å². The Morgan fingerprint density at radius 3 is 2.35 bits per heavy atom. The molecule has 0 heterocycles. The zero-order valence-corrected chi connectivity index (χ0v) is 15.7. The number of ether oxygens (including phenoxy) is 1. The summed E-state index contributed by atoms with van der Waals surface area (Å²) in [5.41, 5.74) is -0.598. The van der Waals surface area contributed by atoms with Crippen molar-refractivity contribution in [3.05, 3.63) is 0 Å². The molecule has 0 spiro atoms. The second-order valence-electron chi connectivity index (χ2n) is 9.52. The Kier molecular flexibility index (Phi) is 4.01. The Labute approximate surface area is 141 Å². The molecule has 3 aliphatic carbocycles. The molecule has 2 bridgehead atoms. The predicted molar refractivity (Wildman–Crippen MR) is 91.0 cm³/mol. The molecule has 3 heteroatoms. The van der Waals surface area contributed by atoms with Crippen molar-refractivity contribution in [2.24, 2.45) is 34.0 Å². The lowest BCUT2D eigenvalue weighted by atomic mass is 9.44. The summed E-state index contributed by atoms with van der Waals surface area (Å²) in [6, 6.07) is 0. The van der Waals surface area contributed by atoms with E-state index in [0.29, 0.717) is 18.1 Å². The van der Waals surface area contributed by atoms with Gasteiger partial charge < -0.3 is 9.84 Å². The summed E-state index contributed by atoms with van der Waals surface area (Å²) >= 11 is 0. The highest BCUT2D eigenvalue weighted by atomic mass is 16.5. The minimum Gasteiger partial charge on any atom is -0.393 e. The Hall–Kier alpha value is -0.410. The number of aliphatic hydroxyl groups excluding tert-OH is 1. The van der Waals surface area contributed by atoms with Gasteiger partial charge in [-0.25, -0.2) is 0 Å². The fourth-order valence-electron chi connectivity index (χ4n) is 6.65. The van der Waals surface area contributed by atoms with E-state index < -0.39 is 11.5 Å². The zero-order chi connectivity index (χ0) is 17.2. The van der Waals surface area contributed by atoms with E-state index in [1.165, 1.54) is 0 Å². The summed E-state index contributed by atoms with van der Waals surface area (Å²) in [6.45, 7) is 10.8. The standard InChI is InChI=1S/C20H34O3/c1-12-7-9-20-10-8-14(23-6)16(20)19(12,5)15(21)11-18(3,4)17(22)13(20)2/h12-16,21H,7-11H2,1-6H3/t12-,13+,14-,15-,16?,19+,20?/m1/s1. The molecule has 132 valence electrons. The summed E-state index contributed by atoms with van der Waals surface area (Å²) < 4.78 is 5.88. The molecule has 0 saturated heterocycles. The van der Waals surface area contributed by atoms with E-state index in [1.807, 2.05) is 13.8 Å². The topological polar surface area (TPSA) is 46.5 Å². The van der Waals surface area contributed by atoms with Gasteiger partial charge in [0.1, 0.15) is 5.78 Å². The molecular formula is C20H34O3. The van der Waals surface area contributed by atoms with Crippen LogP contribution in [0.3, 0.4) is 0 Å². The van der Waals surface area contributed by atoms with Crippen molar-refractivity contribution in [3.8, 4) is 0 Å². The van der Waals surface area contributed by atoms with Gasteiger partial charge in [-0.1, -0.05) is 34.6 Å². The van der Waals surface area contributed by atoms with Crippen molar-refractivity contribution in [2.45, 2.75) is 78.9 Å². The minimum absolute atomic E-state index is 0.0116. The first-order valence-electron chi connectivity index (χ1n) is 9.36. The van der Waals surface area contributed by atoms with Crippen LogP contribution in [0.2, 0.25) is 0 Å². The van der Waals surface area contributed by atoms with Crippen LogP contribution < -0.4 is 0 Å². The molecule has 7 atom stereocenters. The second-order valence-corrected chi connectivity index (χ2v) is 9.52. The fourth-order valence-corrected chi connectivity index (χ4v) is 6.65.